The lowest BCUT2D eigenvalue weighted by Crippen LogP contribution is -2.46. The lowest BCUT2D eigenvalue weighted by Gasteiger charge is -2.34. The van der Waals surface area contributed by atoms with Crippen LogP contribution in [0.3, 0.4) is 0 Å². The third kappa shape index (κ3) is 4.33. The summed E-state index contributed by atoms with van der Waals surface area (Å²) in [6, 6.07) is 5.51. The molecule has 0 spiro atoms. The Hall–Kier alpha value is -1.92. The monoisotopic (exact) mass is 373 g/mol. The first-order valence-corrected chi connectivity index (χ1v) is 9.94. The van der Waals surface area contributed by atoms with Crippen molar-refractivity contribution in [3.63, 3.8) is 0 Å². The summed E-state index contributed by atoms with van der Waals surface area (Å²) in [5, 5.41) is 3.02. The molecule has 148 valence electrons. The second-order valence-electron chi connectivity index (χ2n) is 8.06. The number of ether oxygens (including phenoxy) is 1. The van der Waals surface area contributed by atoms with Crippen molar-refractivity contribution in [2.75, 3.05) is 38.2 Å². The maximum Gasteiger partial charge on any atom is 0.253 e. The molecule has 0 radical (unpaired) electrons. The number of hydrogen-bond acceptors (Lipinski definition) is 4. The van der Waals surface area contributed by atoms with Crippen molar-refractivity contribution in [2.24, 2.45) is 17.1 Å². The van der Waals surface area contributed by atoms with Crippen LogP contribution in [-0.2, 0) is 9.53 Å². The minimum atomic E-state index is -0.566. The number of nitrogens with zero attached hydrogens (tertiary/aromatic N) is 1. The van der Waals surface area contributed by atoms with Gasteiger partial charge in [-0.25, -0.2) is 0 Å². The molecule has 2 heterocycles. The van der Waals surface area contributed by atoms with Gasteiger partial charge in [0.2, 0.25) is 5.91 Å². The Balaban J connectivity index is 1.69. The van der Waals surface area contributed by atoms with Crippen LogP contribution in [0, 0.1) is 18.3 Å². The van der Waals surface area contributed by atoms with Crippen LogP contribution in [-0.4, -0.2) is 49.6 Å². The highest BCUT2D eigenvalue weighted by Crippen LogP contribution is 2.31. The zero-order chi connectivity index (χ0) is 19.4. The molecule has 2 aliphatic rings. The maximum atomic E-state index is 12.8. The summed E-state index contributed by atoms with van der Waals surface area (Å²) in [7, 11) is 0. The number of rotatable bonds is 4. The number of anilines is 1. The molecule has 1 aromatic carbocycles. The van der Waals surface area contributed by atoms with Crippen LogP contribution < -0.4 is 11.1 Å². The minimum absolute atomic E-state index is 0.0551. The summed E-state index contributed by atoms with van der Waals surface area (Å²) in [4.78, 5) is 27.5. The SMILES string of the molecule is Cc1cc(C(=O)N2CCC(C)CC2)ccc1NC(=O)C1(CN)CCOCC1. The number of aryl methyl sites for hydroxylation is 1. The first kappa shape index (κ1) is 19.8. The Labute approximate surface area is 161 Å². The lowest BCUT2D eigenvalue weighted by atomic mass is 9.79. The maximum absolute atomic E-state index is 12.8. The molecule has 1 aromatic rings. The zero-order valence-electron chi connectivity index (χ0n) is 16.4. The van der Waals surface area contributed by atoms with Crippen molar-refractivity contribution in [3.8, 4) is 0 Å². The summed E-state index contributed by atoms with van der Waals surface area (Å²) < 4.78 is 5.38. The van der Waals surface area contributed by atoms with Gasteiger partial charge in [0, 0.05) is 44.1 Å². The Kier molecular flexibility index (Phi) is 6.17. The van der Waals surface area contributed by atoms with E-state index in [0.717, 1.165) is 37.2 Å². The van der Waals surface area contributed by atoms with Crippen molar-refractivity contribution in [1.82, 2.24) is 4.90 Å². The Morgan fingerprint density at radius 1 is 1.26 bits per heavy atom. The van der Waals surface area contributed by atoms with Crippen molar-refractivity contribution in [2.45, 2.75) is 39.5 Å². The molecule has 2 aliphatic heterocycles. The van der Waals surface area contributed by atoms with Gasteiger partial charge in [0.25, 0.3) is 5.91 Å². The van der Waals surface area contributed by atoms with E-state index in [1.807, 2.05) is 30.0 Å². The van der Waals surface area contributed by atoms with E-state index in [4.69, 9.17) is 10.5 Å². The average molecular weight is 373 g/mol. The third-order valence-corrected chi connectivity index (χ3v) is 6.11. The van der Waals surface area contributed by atoms with E-state index in [2.05, 4.69) is 12.2 Å². The van der Waals surface area contributed by atoms with Crippen LogP contribution in [0.5, 0.6) is 0 Å². The summed E-state index contributed by atoms with van der Waals surface area (Å²) in [5.74, 6) is 0.708. The number of nitrogens with two attached hydrogens (primary N) is 1. The molecule has 6 heteroatoms. The molecular weight excluding hydrogens is 342 g/mol. The topological polar surface area (TPSA) is 84.7 Å². The van der Waals surface area contributed by atoms with E-state index in [-0.39, 0.29) is 11.8 Å². The molecule has 2 amide bonds. The zero-order valence-corrected chi connectivity index (χ0v) is 16.4. The number of benzene rings is 1. The predicted molar refractivity (Wildman–Crippen MR) is 106 cm³/mol. The van der Waals surface area contributed by atoms with Crippen molar-refractivity contribution in [3.05, 3.63) is 29.3 Å². The Bertz CT molecular complexity index is 690. The molecule has 27 heavy (non-hydrogen) atoms. The lowest BCUT2D eigenvalue weighted by molar-refractivity contribution is -0.130. The summed E-state index contributed by atoms with van der Waals surface area (Å²) in [6.45, 7) is 7.22. The molecule has 0 bridgehead atoms. The molecule has 3 N–H and O–H groups in total. The number of amides is 2. The number of piperidine rings is 1. The first-order chi connectivity index (χ1) is 12.9. The molecule has 2 fully saturated rings. The van der Waals surface area contributed by atoms with Crippen molar-refractivity contribution < 1.29 is 14.3 Å². The standard InChI is InChI=1S/C21H31N3O3/c1-15-5-9-24(10-6-15)19(25)17-3-4-18(16(2)13-17)23-20(26)21(14-22)7-11-27-12-8-21/h3-4,13,15H,5-12,14,22H2,1-2H3,(H,23,26). The fraction of sp³-hybridized carbons (Fsp3) is 0.619. The van der Waals surface area contributed by atoms with Crippen LogP contribution >= 0.6 is 0 Å². The highest BCUT2D eigenvalue weighted by molar-refractivity contribution is 5.98. The van der Waals surface area contributed by atoms with Crippen LogP contribution in [0.25, 0.3) is 0 Å². The summed E-state index contributed by atoms with van der Waals surface area (Å²) >= 11 is 0. The van der Waals surface area contributed by atoms with Gasteiger partial charge in [-0.05, 0) is 62.3 Å². The molecule has 0 aromatic heterocycles. The van der Waals surface area contributed by atoms with Crippen LogP contribution in [0.15, 0.2) is 18.2 Å². The van der Waals surface area contributed by atoms with Gasteiger partial charge in [-0.1, -0.05) is 6.92 Å². The largest absolute Gasteiger partial charge is 0.381 e. The van der Waals surface area contributed by atoms with Crippen LogP contribution in [0.1, 0.15) is 48.5 Å². The van der Waals surface area contributed by atoms with Gasteiger partial charge in [-0.2, -0.15) is 0 Å². The number of carbonyl (C=O) groups is 2. The number of carbonyl (C=O) groups excluding carboxylic acids is 2. The molecule has 3 rings (SSSR count). The normalized spacial score (nSPS) is 20.3. The number of hydrogen-bond donors (Lipinski definition) is 2. The van der Waals surface area contributed by atoms with E-state index < -0.39 is 5.41 Å². The second kappa shape index (κ2) is 8.40. The van der Waals surface area contributed by atoms with Gasteiger partial charge in [0.1, 0.15) is 0 Å². The van der Waals surface area contributed by atoms with Crippen LogP contribution in [0.4, 0.5) is 5.69 Å². The van der Waals surface area contributed by atoms with E-state index in [0.29, 0.717) is 44.1 Å². The molecule has 0 saturated carbocycles. The highest BCUT2D eigenvalue weighted by Gasteiger charge is 2.39. The van der Waals surface area contributed by atoms with Gasteiger partial charge >= 0.3 is 0 Å². The van der Waals surface area contributed by atoms with Gasteiger partial charge < -0.3 is 20.7 Å². The predicted octanol–water partition coefficient (Wildman–Crippen LogP) is 2.56. The van der Waals surface area contributed by atoms with E-state index in [1.54, 1.807) is 0 Å². The summed E-state index contributed by atoms with van der Waals surface area (Å²) in [6.07, 6.45) is 3.39. The fourth-order valence-electron chi connectivity index (χ4n) is 3.87. The van der Waals surface area contributed by atoms with Crippen LogP contribution in [0.2, 0.25) is 0 Å². The molecule has 0 unspecified atom stereocenters. The van der Waals surface area contributed by atoms with E-state index >= 15 is 0 Å². The third-order valence-electron chi connectivity index (χ3n) is 6.11. The highest BCUT2D eigenvalue weighted by atomic mass is 16.5. The van der Waals surface area contributed by atoms with E-state index in [1.165, 1.54) is 0 Å². The van der Waals surface area contributed by atoms with Crippen molar-refractivity contribution in [1.29, 1.82) is 0 Å². The molecule has 0 aliphatic carbocycles. The van der Waals surface area contributed by atoms with Crippen molar-refractivity contribution >= 4 is 17.5 Å². The molecule has 6 nitrogen and oxygen atoms in total. The first-order valence-electron chi connectivity index (χ1n) is 9.94. The van der Waals surface area contributed by atoms with Gasteiger partial charge in [-0.3, -0.25) is 9.59 Å². The summed E-state index contributed by atoms with van der Waals surface area (Å²) in [5.41, 5.74) is 7.66. The average Bonchev–Trinajstić information content (AvgIpc) is 2.70. The number of likely N-dealkylation sites (tertiary alicyclic amines) is 1. The fourth-order valence-corrected chi connectivity index (χ4v) is 3.87. The van der Waals surface area contributed by atoms with E-state index in [9.17, 15) is 9.59 Å². The van der Waals surface area contributed by atoms with Gasteiger partial charge in [0.05, 0.1) is 5.41 Å². The minimum Gasteiger partial charge on any atom is -0.381 e. The Morgan fingerprint density at radius 2 is 1.93 bits per heavy atom. The number of nitrogens with one attached hydrogen (secondary N) is 1. The Morgan fingerprint density at radius 3 is 2.52 bits per heavy atom. The second-order valence-corrected chi connectivity index (χ2v) is 8.06. The molecular formula is C21H31N3O3. The molecule has 2 saturated heterocycles. The smallest absolute Gasteiger partial charge is 0.253 e. The quantitative estimate of drug-likeness (QED) is 0.849. The molecule has 0 atom stereocenters. The van der Waals surface area contributed by atoms with Gasteiger partial charge in [-0.15, -0.1) is 0 Å². The van der Waals surface area contributed by atoms with Gasteiger partial charge in [0.15, 0.2) is 0 Å².